The summed E-state index contributed by atoms with van der Waals surface area (Å²) >= 11 is 0. The number of nitroso groups, excluding NO2 is 1. The van der Waals surface area contributed by atoms with Gasteiger partial charge < -0.3 is 0 Å². The van der Waals surface area contributed by atoms with E-state index in [1.165, 1.54) is 36.8 Å². The molecule has 1 aromatic rings. The number of rotatable bonds is 2. The minimum absolute atomic E-state index is 0.0881. The first-order valence-corrected chi connectivity index (χ1v) is 10.6. The molecule has 142 valence electrons. The van der Waals surface area contributed by atoms with Gasteiger partial charge >= 0.3 is 0 Å². The van der Waals surface area contributed by atoms with E-state index >= 15 is 0 Å². The molecule has 0 radical (unpaired) electrons. The van der Waals surface area contributed by atoms with E-state index in [9.17, 15) is 4.91 Å². The number of allylic oxidation sites excluding steroid dienone is 3. The molecule has 0 aliphatic heterocycles. The monoisotopic (exact) mass is 363 g/mol. The molecule has 0 amide bonds. The van der Waals surface area contributed by atoms with Crippen LogP contribution in [0, 0.1) is 33.5 Å². The number of fused-ring (bicyclic) bond motifs is 5. The van der Waals surface area contributed by atoms with Crippen LogP contribution < -0.4 is 0 Å². The van der Waals surface area contributed by atoms with Gasteiger partial charge in [-0.1, -0.05) is 36.7 Å². The Bertz CT molecular complexity index is 816. The standard InChI is InChI=1S/C23H29N3O/c1-22-9-7-16(26-27)13-15(22)3-4-17-18-5-6-20(21-14-24-11-12-25-21)23(18,2)10-8-19(17)22/h6,11-14,16-19H,3-5,7-10H2,1-2H3/t16?,17-,18-,19-,22-,23-/m0/s1. The molecule has 0 spiro atoms. The fourth-order valence-corrected chi connectivity index (χ4v) is 7.20. The van der Waals surface area contributed by atoms with Gasteiger partial charge in [0, 0.05) is 12.4 Å². The van der Waals surface area contributed by atoms with E-state index in [0.717, 1.165) is 36.8 Å². The first-order valence-electron chi connectivity index (χ1n) is 10.6. The van der Waals surface area contributed by atoms with E-state index < -0.39 is 0 Å². The van der Waals surface area contributed by atoms with Crippen molar-refractivity contribution in [2.24, 2.45) is 33.8 Å². The minimum atomic E-state index is -0.0881. The summed E-state index contributed by atoms with van der Waals surface area (Å²) in [6.45, 7) is 4.95. The molecule has 1 unspecified atom stereocenters. The largest absolute Gasteiger partial charge is 0.261 e. The van der Waals surface area contributed by atoms with Crippen LogP contribution in [0.2, 0.25) is 0 Å². The quantitative estimate of drug-likeness (QED) is 0.510. The maximum atomic E-state index is 11.1. The van der Waals surface area contributed by atoms with Crippen LogP contribution in [0.3, 0.4) is 0 Å². The Labute approximate surface area is 161 Å². The molecule has 2 saturated carbocycles. The van der Waals surface area contributed by atoms with Gasteiger partial charge in [-0.15, -0.1) is 0 Å². The highest BCUT2D eigenvalue weighted by Crippen LogP contribution is 2.66. The molecule has 6 atom stereocenters. The van der Waals surface area contributed by atoms with Gasteiger partial charge in [0.2, 0.25) is 0 Å². The Morgan fingerprint density at radius 1 is 1.07 bits per heavy atom. The predicted octanol–water partition coefficient (Wildman–Crippen LogP) is 5.57. The average molecular weight is 364 g/mol. The van der Waals surface area contributed by atoms with Crippen molar-refractivity contribution in [3.8, 4) is 0 Å². The first kappa shape index (κ1) is 17.3. The molecule has 0 N–H and O–H groups in total. The Morgan fingerprint density at radius 3 is 2.70 bits per heavy atom. The summed E-state index contributed by atoms with van der Waals surface area (Å²) in [6.07, 6.45) is 18.3. The number of hydrogen-bond donors (Lipinski definition) is 0. The zero-order chi connectivity index (χ0) is 18.6. The summed E-state index contributed by atoms with van der Waals surface area (Å²) in [6, 6.07) is -0.0881. The molecule has 4 nitrogen and oxygen atoms in total. The van der Waals surface area contributed by atoms with E-state index in [1.807, 2.05) is 12.4 Å². The molecule has 27 heavy (non-hydrogen) atoms. The molecule has 0 aromatic carbocycles. The molecule has 0 bridgehead atoms. The Morgan fingerprint density at radius 2 is 1.93 bits per heavy atom. The fraction of sp³-hybridized carbons (Fsp3) is 0.652. The number of aromatic nitrogens is 2. The second-order valence-corrected chi connectivity index (χ2v) is 9.64. The molecule has 4 aliphatic carbocycles. The van der Waals surface area contributed by atoms with Crippen LogP contribution in [0.15, 0.2) is 41.5 Å². The van der Waals surface area contributed by atoms with E-state index in [0.29, 0.717) is 5.92 Å². The van der Waals surface area contributed by atoms with Crippen molar-refractivity contribution in [3.63, 3.8) is 0 Å². The van der Waals surface area contributed by atoms with Gasteiger partial charge in [0.05, 0.1) is 11.9 Å². The third kappa shape index (κ3) is 2.41. The minimum Gasteiger partial charge on any atom is -0.261 e. The molecule has 1 heterocycles. The van der Waals surface area contributed by atoms with Crippen LogP contribution in [0.25, 0.3) is 5.57 Å². The molecule has 4 aliphatic rings. The van der Waals surface area contributed by atoms with Crippen molar-refractivity contribution in [1.29, 1.82) is 0 Å². The average Bonchev–Trinajstić information content (AvgIpc) is 3.05. The SMILES string of the molecule is C[C@]12CCC(N=O)C=C1CC[C@@H]1[C@@H]2CC[C@]2(C)C(c3cnccn3)=CC[C@@H]12. The molecule has 2 fully saturated rings. The van der Waals surface area contributed by atoms with Gasteiger partial charge in [-0.25, -0.2) is 0 Å². The van der Waals surface area contributed by atoms with Crippen molar-refractivity contribution in [3.05, 3.63) is 46.9 Å². The van der Waals surface area contributed by atoms with Gasteiger partial charge in [-0.2, -0.15) is 4.91 Å². The van der Waals surface area contributed by atoms with Crippen molar-refractivity contribution < 1.29 is 0 Å². The van der Waals surface area contributed by atoms with Crippen molar-refractivity contribution in [1.82, 2.24) is 9.97 Å². The zero-order valence-corrected chi connectivity index (χ0v) is 16.4. The lowest BCUT2D eigenvalue weighted by molar-refractivity contribution is -0.0227. The van der Waals surface area contributed by atoms with Gasteiger partial charge in [-0.3, -0.25) is 9.97 Å². The second-order valence-electron chi connectivity index (χ2n) is 9.64. The third-order valence-electron chi connectivity index (χ3n) is 8.64. The van der Waals surface area contributed by atoms with Gasteiger partial charge in [-0.05, 0) is 79.1 Å². The lowest BCUT2D eigenvalue weighted by Crippen LogP contribution is -2.50. The Hall–Kier alpha value is -1.84. The van der Waals surface area contributed by atoms with E-state index in [2.05, 4.69) is 41.1 Å². The zero-order valence-electron chi connectivity index (χ0n) is 16.4. The molecule has 1 aromatic heterocycles. The number of nitrogens with zero attached hydrogens (tertiary/aromatic N) is 3. The van der Waals surface area contributed by atoms with E-state index in [1.54, 1.807) is 6.20 Å². The van der Waals surface area contributed by atoms with Crippen LogP contribution >= 0.6 is 0 Å². The third-order valence-corrected chi connectivity index (χ3v) is 8.64. The van der Waals surface area contributed by atoms with Gasteiger partial charge in [0.15, 0.2) is 0 Å². The van der Waals surface area contributed by atoms with Crippen LogP contribution in [0.4, 0.5) is 0 Å². The smallest absolute Gasteiger partial charge is 0.110 e. The second kappa shape index (κ2) is 6.08. The highest BCUT2D eigenvalue weighted by atomic mass is 16.3. The molecule has 5 rings (SSSR count). The van der Waals surface area contributed by atoms with Gasteiger partial charge in [0.25, 0.3) is 0 Å². The summed E-state index contributed by atoms with van der Waals surface area (Å²) in [4.78, 5) is 20.0. The first-order chi connectivity index (χ1) is 13.1. The van der Waals surface area contributed by atoms with E-state index in [-0.39, 0.29) is 16.9 Å². The lowest BCUT2D eigenvalue weighted by Gasteiger charge is -2.58. The topological polar surface area (TPSA) is 55.2 Å². The predicted molar refractivity (Wildman–Crippen MR) is 107 cm³/mol. The Balaban J connectivity index is 1.46. The molecule has 4 heteroatoms. The van der Waals surface area contributed by atoms with Crippen molar-refractivity contribution in [2.75, 3.05) is 0 Å². The Kier molecular flexibility index (Phi) is 3.89. The van der Waals surface area contributed by atoms with Crippen LogP contribution in [-0.4, -0.2) is 16.0 Å². The molecule has 0 saturated heterocycles. The van der Waals surface area contributed by atoms with Crippen LogP contribution in [-0.2, 0) is 0 Å². The van der Waals surface area contributed by atoms with E-state index in [4.69, 9.17) is 0 Å². The maximum absolute atomic E-state index is 11.1. The van der Waals surface area contributed by atoms with Crippen LogP contribution in [0.5, 0.6) is 0 Å². The highest BCUT2D eigenvalue weighted by Gasteiger charge is 2.57. The lowest BCUT2D eigenvalue weighted by atomic mass is 9.46. The molecular formula is C23H29N3O. The molecular weight excluding hydrogens is 334 g/mol. The maximum Gasteiger partial charge on any atom is 0.110 e. The summed E-state index contributed by atoms with van der Waals surface area (Å²) in [5.74, 6) is 2.24. The summed E-state index contributed by atoms with van der Waals surface area (Å²) in [5.41, 5.74) is 4.54. The summed E-state index contributed by atoms with van der Waals surface area (Å²) < 4.78 is 0. The van der Waals surface area contributed by atoms with Crippen molar-refractivity contribution in [2.45, 2.75) is 64.8 Å². The summed E-state index contributed by atoms with van der Waals surface area (Å²) in [7, 11) is 0. The number of hydrogen-bond acceptors (Lipinski definition) is 4. The summed E-state index contributed by atoms with van der Waals surface area (Å²) in [5, 5.41) is 3.33. The van der Waals surface area contributed by atoms with Crippen LogP contribution in [0.1, 0.15) is 64.5 Å². The highest BCUT2D eigenvalue weighted by molar-refractivity contribution is 5.70. The normalized spacial score (nSPS) is 43.0. The fourth-order valence-electron chi connectivity index (χ4n) is 7.20. The van der Waals surface area contributed by atoms with Crippen molar-refractivity contribution >= 4 is 5.57 Å². The van der Waals surface area contributed by atoms with Gasteiger partial charge in [0.1, 0.15) is 6.04 Å².